The van der Waals surface area contributed by atoms with Crippen molar-refractivity contribution in [3.63, 3.8) is 0 Å². The molecule has 1 N–H and O–H groups in total. The third-order valence-corrected chi connectivity index (χ3v) is 2.78. The molecule has 6 nitrogen and oxygen atoms in total. The zero-order chi connectivity index (χ0) is 12.8. The lowest BCUT2D eigenvalue weighted by molar-refractivity contribution is 0.0398. The van der Waals surface area contributed by atoms with E-state index in [-0.39, 0.29) is 0 Å². The average molecular weight is 247 g/mol. The topological polar surface area (TPSA) is 74.1 Å². The second-order valence-electron chi connectivity index (χ2n) is 4.21. The van der Waals surface area contributed by atoms with Gasteiger partial charge in [0.2, 0.25) is 5.95 Å². The fourth-order valence-corrected chi connectivity index (χ4v) is 1.86. The predicted molar refractivity (Wildman–Crippen MR) is 67.2 cm³/mol. The van der Waals surface area contributed by atoms with Gasteiger partial charge in [-0.15, -0.1) is 0 Å². The molecule has 0 saturated carbocycles. The van der Waals surface area contributed by atoms with Gasteiger partial charge in [-0.05, 0) is 13.0 Å². The summed E-state index contributed by atoms with van der Waals surface area (Å²) in [5.41, 5.74) is 1.20. The van der Waals surface area contributed by atoms with E-state index >= 15 is 0 Å². The van der Waals surface area contributed by atoms with Crippen LogP contribution in [-0.2, 0) is 4.74 Å². The minimum absolute atomic E-state index is 0.399. The van der Waals surface area contributed by atoms with Gasteiger partial charge in [0, 0.05) is 31.9 Å². The minimum atomic E-state index is 0.399. The normalized spacial score (nSPS) is 16.2. The first-order chi connectivity index (χ1) is 8.78. The zero-order valence-corrected chi connectivity index (χ0v) is 10.5. The molecule has 0 radical (unpaired) electrons. The molecule has 0 aromatic carbocycles. The standard InChI is InChI=1S/C12H17N5O/c1-10-8-11(9-13)16-12(15-10)14-2-3-17-4-6-18-7-5-17/h8H,2-7H2,1H3,(H,14,15,16). The Bertz CT molecular complexity index is 437. The number of nitriles is 1. The summed E-state index contributed by atoms with van der Waals surface area (Å²) in [6.45, 7) is 7.12. The zero-order valence-electron chi connectivity index (χ0n) is 10.5. The van der Waals surface area contributed by atoms with Crippen LogP contribution in [0.1, 0.15) is 11.4 Å². The molecule has 2 rings (SSSR count). The second kappa shape index (κ2) is 6.28. The predicted octanol–water partition coefficient (Wildman–Crippen LogP) is 0.401. The van der Waals surface area contributed by atoms with Crippen molar-refractivity contribution in [2.75, 3.05) is 44.7 Å². The molecular formula is C12H17N5O. The summed E-state index contributed by atoms with van der Waals surface area (Å²) in [5, 5.41) is 12.0. The van der Waals surface area contributed by atoms with Crippen molar-refractivity contribution in [3.8, 4) is 6.07 Å². The lowest BCUT2D eigenvalue weighted by Gasteiger charge is -2.26. The van der Waals surface area contributed by atoms with E-state index in [9.17, 15) is 0 Å². The van der Waals surface area contributed by atoms with E-state index in [2.05, 4.69) is 20.2 Å². The van der Waals surface area contributed by atoms with Crippen LogP contribution in [0.3, 0.4) is 0 Å². The fraction of sp³-hybridized carbons (Fsp3) is 0.583. The first-order valence-electron chi connectivity index (χ1n) is 6.07. The van der Waals surface area contributed by atoms with E-state index in [0.717, 1.165) is 45.1 Å². The van der Waals surface area contributed by atoms with E-state index in [1.807, 2.05) is 13.0 Å². The van der Waals surface area contributed by atoms with Gasteiger partial charge < -0.3 is 10.1 Å². The molecule has 0 aliphatic carbocycles. The number of anilines is 1. The molecule has 2 heterocycles. The van der Waals surface area contributed by atoms with Gasteiger partial charge in [0.1, 0.15) is 11.8 Å². The van der Waals surface area contributed by atoms with Crippen LogP contribution in [0.15, 0.2) is 6.07 Å². The van der Waals surface area contributed by atoms with Crippen molar-refractivity contribution in [3.05, 3.63) is 17.5 Å². The Morgan fingerprint density at radius 2 is 2.22 bits per heavy atom. The Labute approximate surface area is 107 Å². The molecule has 1 fully saturated rings. The molecule has 96 valence electrons. The quantitative estimate of drug-likeness (QED) is 0.830. The molecular weight excluding hydrogens is 230 g/mol. The molecule has 1 aromatic heterocycles. The molecule has 18 heavy (non-hydrogen) atoms. The van der Waals surface area contributed by atoms with E-state index in [0.29, 0.717) is 11.6 Å². The molecule has 1 aliphatic heterocycles. The molecule has 0 atom stereocenters. The average Bonchev–Trinajstić information content (AvgIpc) is 2.39. The first-order valence-corrected chi connectivity index (χ1v) is 6.07. The summed E-state index contributed by atoms with van der Waals surface area (Å²) >= 11 is 0. The van der Waals surface area contributed by atoms with Crippen LogP contribution in [0.25, 0.3) is 0 Å². The minimum Gasteiger partial charge on any atom is -0.379 e. The largest absolute Gasteiger partial charge is 0.379 e. The molecule has 0 bridgehead atoms. The Hall–Kier alpha value is -1.71. The summed E-state index contributed by atoms with van der Waals surface area (Å²) in [5.74, 6) is 0.528. The molecule has 0 unspecified atom stereocenters. The number of nitrogens with zero attached hydrogens (tertiary/aromatic N) is 4. The molecule has 1 aliphatic rings. The summed E-state index contributed by atoms with van der Waals surface area (Å²) in [6, 6.07) is 3.70. The molecule has 1 saturated heterocycles. The highest BCUT2D eigenvalue weighted by molar-refractivity contribution is 5.32. The van der Waals surface area contributed by atoms with Crippen LogP contribution in [-0.4, -0.2) is 54.3 Å². The van der Waals surface area contributed by atoms with Gasteiger partial charge in [0.15, 0.2) is 0 Å². The molecule has 1 aromatic rings. The van der Waals surface area contributed by atoms with Gasteiger partial charge in [-0.2, -0.15) is 5.26 Å². The first kappa shape index (κ1) is 12.7. The molecule has 0 spiro atoms. The van der Waals surface area contributed by atoms with E-state index < -0.39 is 0 Å². The van der Waals surface area contributed by atoms with Gasteiger partial charge in [-0.25, -0.2) is 9.97 Å². The van der Waals surface area contributed by atoms with Crippen molar-refractivity contribution < 1.29 is 4.74 Å². The van der Waals surface area contributed by atoms with Crippen molar-refractivity contribution in [2.45, 2.75) is 6.92 Å². The summed E-state index contributed by atoms with van der Waals surface area (Å²) in [6.07, 6.45) is 0. The SMILES string of the molecule is Cc1cc(C#N)nc(NCCN2CCOCC2)n1. The smallest absolute Gasteiger partial charge is 0.224 e. The van der Waals surface area contributed by atoms with Crippen LogP contribution in [0.4, 0.5) is 5.95 Å². The van der Waals surface area contributed by atoms with Crippen molar-refractivity contribution in [1.29, 1.82) is 5.26 Å². The number of nitrogens with one attached hydrogen (secondary N) is 1. The third-order valence-electron chi connectivity index (χ3n) is 2.78. The number of ether oxygens (including phenoxy) is 1. The third kappa shape index (κ3) is 3.65. The summed E-state index contributed by atoms with van der Waals surface area (Å²) in [4.78, 5) is 10.7. The van der Waals surface area contributed by atoms with Crippen molar-refractivity contribution >= 4 is 5.95 Å². The van der Waals surface area contributed by atoms with E-state index in [1.54, 1.807) is 6.07 Å². The van der Waals surface area contributed by atoms with E-state index in [1.165, 1.54) is 0 Å². The number of hydrogen-bond donors (Lipinski definition) is 1. The van der Waals surface area contributed by atoms with Crippen LogP contribution < -0.4 is 5.32 Å². The number of morpholine rings is 1. The second-order valence-corrected chi connectivity index (χ2v) is 4.21. The Kier molecular flexibility index (Phi) is 4.45. The highest BCUT2D eigenvalue weighted by Crippen LogP contribution is 2.04. The van der Waals surface area contributed by atoms with Crippen LogP contribution in [0, 0.1) is 18.3 Å². The molecule has 0 amide bonds. The van der Waals surface area contributed by atoms with Crippen molar-refractivity contribution in [2.24, 2.45) is 0 Å². The van der Waals surface area contributed by atoms with Gasteiger partial charge in [0.05, 0.1) is 13.2 Å². The van der Waals surface area contributed by atoms with Gasteiger partial charge in [-0.3, -0.25) is 4.90 Å². The number of aromatic nitrogens is 2. The lowest BCUT2D eigenvalue weighted by atomic mass is 10.3. The maximum Gasteiger partial charge on any atom is 0.224 e. The monoisotopic (exact) mass is 247 g/mol. The van der Waals surface area contributed by atoms with E-state index in [4.69, 9.17) is 10.00 Å². The fourth-order valence-electron chi connectivity index (χ4n) is 1.86. The van der Waals surface area contributed by atoms with Gasteiger partial charge in [0.25, 0.3) is 0 Å². The highest BCUT2D eigenvalue weighted by atomic mass is 16.5. The van der Waals surface area contributed by atoms with Gasteiger partial charge in [-0.1, -0.05) is 0 Å². The van der Waals surface area contributed by atoms with Gasteiger partial charge >= 0.3 is 0 Å². The summed E-state index contributed by atoms with van der Waals surface area (Å²) < 4.78 is 5.29. The summed E-state index contributed by atoms with van der Waals surface area (Å²) in [7, 11) is 0. The number of rotatable bonds is 4. The number of aryl methyl sites for hydroxylation is 1. The number of hydrogen-bond acceptors (Lipinski definition) is 6. The van der Waals surface area contributed by atoms with Crippen molar-refractivity contribution in [1.82, 2.24) is 14.9 Å². The Morgan fingerprint density at radius 1 is 1.44 bits per heavy atom. The lowest BCUT2D eigenvalue weighted by Crippen LogP contribution is -2.39. The molecule has 6 heteroatoms. The maximum absolute atomic E-state index is 8.83. The van der Waals surface area contributed by atoms with Crippen LogP contribution in [0.5, 0.6) is 0 Å². The Balaban J connectivity index is 1.82. The van der Waals surface area contributed by atoms with Crippen LogP contribution in [0.2, 0.25) is 0 Å². The highest BCUT2D eigenvalue weighted by Gasteiger charge is 2.09. The maximum atomic E-state index is 8.83. The Morgan fingerprint density at radius 3 is 2.94 bits per heavy atom. The van der Waals surface area contributed by atoms with Crippen LogP contribution >= 0.6 is 0 Å².